The highest BCUT2D eigenvalue weighted by Crippen LogP contribution is 2.42. The summed E-state index contributed by atoms with van der Waals surface area (Å²) in [5.74, 6) is 0.243. The van der Waals surface area contributed by atoms with Gasteiger partial charge in [0.1, 0.15) is 0 Å². The molecule has 2 aromatic carbocycles. The maximum absolute atomic E-state index is 12.6. The van der Waals surface area contributed by atoms with Gasteiger partial charge in [-0.2, -0.15) is 0 Å². The second-order valence-electron chi connectivity index (χ2n) is 7.51. The number of benzene rings is 2. The van der Waals surface area contributed by atoms with E-state index in [1.54, 1.807) is 36.4 Å². The fraction of sp³-hybridized carbons (Fsp3) is 0.364. The summed E-state index contributed by atoms with van der Waals surface area (Å²) in [5.41, 5.74) is 0.972. The molecule has 1 N–H and O–H groups in total. The third-order valence-corrected chi connectivity index (χ3v) is 4.46. The van der Waals surface area contributed by atoms with Crippen LogP contribution in [0.15, 0.2) is 36.4 Å². The lowest BCUT2D eigenvalue weighted by atomic mass is 9.94. The largest absolute Gasteiger partial charge is 0.493 e. The molecule has 0 spiro atoms. The van der Waals surface area contributed by atoms with E-state index in [1.165, 1.54) is 21.1 Å². The maximum Gasteiger partial charge on any atom is 0.303 e. The smallest absolute Gasteiger partial charge is 0.303 e. The minimum atomic E-state index is -0.869. The van der Waals surface area contributed by atoms with E-state index in [9.17, 15) is 9.59 Å². The number of hydrogen-bond donors (Lipinski definition) is 1. The van der Waals surface area contributed by atoms with Crippen LogP contribution in [-0.4, -0.2) is 26.1 Å². The van der Waals surface area contributed by atoms with Crippen LogP contribution in [0.3, 0.4) is 0 Å². The molecule has 0 bridgehead atoms. The monoisotopic (exact) mass is 419 g/mol. The van der Waals surface area contributed by atoms with Crippen molar-refractivity contribution in [3.05, 3.63) is 52.5 Å². The van der Waals surface area contributed by atoms with Crippen molar-refractivity contribution in [2.24, 2.45) is 5.41 Å². The summed E-state index contributed by atoms with van der Waals surface area (Å²) in [7, 11) is 3.03. The zero-order valence-corrected chi connectivity index (χ0v) is 18.2. The standard InChI is InChI=1S/C22H26ClNO5/c1-13(25)29-19(15-8-7-9-18(27-5)20(15)28-6)16-12-14(23)10-11-17(16)24-21(26)22(2,3)4/h7-12,19H,1-6H3,(H,24,26)/t19-/m1/s1. The van der Waals surface area contributed by atoms with Crippen molar-refractivity contribution in [1.82, 2.24) is 0 Å². The average Bonchev–Trinajstić information content (AvgIpc) is 2.65. The van der Waals surface area contributed by atoms with Crippen LogP contribution in [0, 0.1) is 5.41 Å². The highest BCUT2D eigenvalue weighted by atomic mass is 35.5. The van der Waals surface area contributed by atoms with Crippen LogP contribution < -0.4 is 14.8 Å². The Kier molecular flexibility index (Phi) is 7.14. The number of rotatable bonds is 6. The first-order valence-corrected chi connectivity index (χ1v) is 9.45. The van der Waals surface area contributed by atoms with Crippen molar-refractivity contribution in [1.29, 1.82) is 0 Å². The third kappa shape index (κ3) is 5.41. The van der Waals surface area contributed by atoms with Gasteiger partial charge in [0.25, 0.3) is 0 Å². The summed E-state index contributed by atoms with van der Waals surface area (Å²) in [5, 5.41) is 3.34. The highest BCUT2D eigenvalue weighted by Gasteiger charge is 2.28. The first kappa shape index (κ1) is 22.6. The number of ether oxygens (including phenoxy) is 3. The van der Waals surface area contributed by atoms with E-state index in [1.807, 2.05) is 20.8 Å². The number of anilines is 1. The van der Waals surface area contributed by atoms with Crippen molar-refractivity contribution in [3.63, 3.8) is 0 Å². The quantitative estimate of drug-likeness (QED) is 0.667. The van der Waals surface area contributed by atoms with Gasteiger partial charge in [0.15, 0.2) is 17.6 Å². The van der Waals surface area contributed by atoms with Crippen LogP contribution >= 0.6 is 11.6 Å². The second-order valence-corrected chi connectivity index (χ2v) is 7.94. The van der Waals surface area contributed by atoms with Gasteiger partial charge in [0, 0.05) is 34.2 Å². The molecule has 0 radical (unpaired) electrons. The first-order valence-electron chi connectivity index (χ1n) is 9.07. The van der Waals surface area contributed by atoms with Crippen LogP contribution in [0.4, 0.5) is 5.69 Å². The molecule has 0 aromatic heterocycles. The van der Waals surface area contributed by atoms with Gasteiger partial charge in [-0.15, -0.1) is 0 Å². The molecule has 0 fully saturated rings. The van der Waals surface area contributed by atoms with Gasteiger partial charge in [0.05, 0.1) is 14.2 Å². The lowest BCUT2D eigenvalue weighted by Crippen LogP contribution is -2.28. The maximum atomic E-state index is 12.6. The molecule has 2 aromatic rings. The van der Waals surface area contributed by atoms with Gasteiger partial charge in [-0.3, -0.25) is 9.59 Å². The first-order chi connectivity index (χ1) is 13.6. The normalized spacial score (nSPS) is 12.1. The Hall–Kier alpha value is -2.73. The summed E-state index contributed by atoms with van der Waals surface area (Å²) in [6, 6.07) is 10.3. The number of carbonyl (C=O) groups excluding carboxylic acids is 2. The topological polar surface area (TPSA) is 73.9 Å². The molecule has 156 valence electrons. The molecule has 0 aliphatic heterocycles. The van der Waals surface area contributed by atoms with Crippen molar-refractivity contribution in [2.75, 3.05) is 19.5 Å². The molecule has 6 nitrogen and oxygen atoms in total. The van der Waals surface area contributed by atoms with Crippen molar-refractivity contribution in [2.45, 2.75) is 33.8 Å². The van der Waals surface area contributed by atoms with Gasteiger partial charge >= 0.3 is 5.97 Å². The summed E-state index contributed by atoms with van der Waals surface area (Å²) < 4.78 is 16.5. The highest BCUT2D eigenvalue weighted by molar-refractivity contribution is 6.30. The van der Waals surface area contributed by atoms with Gasteiger partial charge in [-0.1, -0.05) is 44.5 Å². The summed E-state index contributed by atoms with van der Waals surface area (Å²) in [6.45, 7) is 6.75. The van der Waals surface area contributed by atoms with Crippen LogP contribution in [0.5, 0.6) is 11.5 Å². The van der Waals surface area contributed by atoms with Crippen LogP contribution in [0.25, 0.3) is 0 Å². The van der Waals surface area contributed by atoms with E-state index in [-0.39, 0.29) is 5.91 Å². The van der Waals surface area contributed by atoms with Gasteiger partial charge in [0.2, 0.25) is 5.91 Å². The van der Waals surface area contributed by atoms with Gasteiger partial charge in [-0.05, 0) is 24.3 Å². The van der Waals surface area contributed by atoms with E-state index in [2.05, 4.69) is 5.32 Å². The molecule has 2 rings (SSSR count). The zero-order chi connectivity index (χ0) is 21.8. The van der Waals surface area contributed by atoms with Crippen molar-refractivity contribution < 1.29 is 23.8 Å². The van der Waals surface area contributed by atoms with E-state index in [0.29, 0.717) is 33.3 Å². The lowest BCUT2D eigenvalue weighted by Gasteiger charge is -2.25. The summed E-state index contributed by atoms with van der Waals surface area (Å²) >= 11 is 6.23. The summed E-state index contributed by atoms with van der Waals surface area (Å²) in [6.07, 6.45) is -0.869. The predicted molar refractivity (Wildman–Crippen MR) is 113 cm³/mol. The van der Waals surface area contributed by atoms with Crippen LogP contribution in [0.1, 0.15) is 44.9 Å². The molecule has 0 aliphatic carbocycles. The molecule has 0 heterocycles. The zero-order valence-electron chi connectivity index (χ0n) is 17.5. The van der Waals surface area contributed by atoms with Gasteiger partial charge in [-0.25, -0.2) is 0 Å². The number of carbonyl (C=O) groups is 2. The minimum absolute atomic E-state index is 0.180. The minimum Gasteiger partial charge on any atom is -0.493 e. The van der Waals surface area contributed by atoms with Crippen LogP contribution in [-0.2, 0) is 14.3 Å². The Morgan fingerprint density at radius 1 is 1.03 bits per heavy atom. The molecule has 1 atom stereocenters. The van der Waals surface area contributed by atoms with Crippen molar-refractivity contribution in [3.8, 4) is 11.5 Å². The van der Waals surface area contributed by atoms with Crippen molar-refractivity contribution >= 4 is 29.2 Å². The Labute approximate surface area is 176 Å². The number of hydrogen-bond acceptors (Lipinski definition) is 5. The fourth-order valence-corrected chi connectivity index (χ4v) is 2.93. The number of methoxy groups -OCH3 is 2. The van der Waals surface area contributed by atoms with E-state index >= 15 is 0 Å². The molecule has 0 aliphatic rings. The predicted octanol–water partition coefficient (Wildman–Crippen LogP) is 4.99. The van der Waals surface area contributed by atoms with Gasteiger partial charge < -0.3 is 19.5 Å². The molecule has 0 unspecified atom stereocenters. The molecule has 0 saturated heterocycles. The van der Waals surface area contributed by atoms with E-state index in [0.717, 1.165) is 0 Å². The Morgan fingerprint density at radius 3 is 2.28 bits per heavy atom. The van der Waals surface area contributed by atoms with E-state index < -0.39 is 17.5 Å². The summed E-state index contributed by atoms with van der Waals surface area (Å²) in [4.78, 5) is 24.5. The Balaban J connectivity index is 2.67. The number of amides is 1. The van der Waals surface area contributed by atoms with Crippen LogP contribution in [0.2, 0.25) is 5.02 Å². The number of esters is 1. The van der Waals surface area contributed by atoms with E-state index in [4.69, 9.17) is 25.8 Å². The molecule has 7 heteroatoms. The number of para-hydroxylation sites is 1. The number of halogens is 1. The fourth-order valence-electron chi connectivity index (χ4n) is 2.75. The average molecular weight is 420 g/mol. The molecule has 29 heavy (non-hydrogen) atoms. The lowest BCUT2D eigenvalue weighted by molar-refractivity contribution is -0.144. The Bertz CT molecular complexity index is 905. The third-order valence-electron chi connectivity index (χ3n) is 4.23. The number of nitrogens with one attached hydrogen (secondary N) is 1. The second kappa shape index (κ2) is 9.18. The molecular formula is C22H26ClNO5. The Morgan fingerprint density at radius 2 is 1.72 bits per heavy atom. The molecule has 0 saturated carbocycles. The molecule has 1 amide bonds. The molecular weight excluding hydrogens is 394 g/mol. The SMILES string of the molecule is COc1cccc([C@@H](OC(C)=O)c2cc(Cl)ccc2NC(=O)C(C)(C)C)c1OC.